The molecule has 2 aromatic heterocycles. The van der Waals surface area contributed by atoms with Crippen LogP contribution in [0, 0.1) is 11.3 Å². The number of hydrogen-bond donors (Lipinski definition) is 1. The standard InChI is InChI=1S/C11H11N5S/c1-16(5-4-12)10-7-9(13-8-14-10)15-11-3-2-6-17-11/h2-3,6-8H,5H2,1H3,(H,13,14,15). The Kier molecular flexibility index (Phi) is 3.52. The minimum atomic E-state index is 0.301. The van der Waals surface area contributed by atoms with Crippen molar-refractivity contribution in [2.75, 3.05) is 23.8 Å². The van der Waals surface area contributed by atoms with Crippen LogP contribution in [0.3, 0.4) is 0 Å². The molecule has 0 fully saturated rings. The fourth-order valence-corrected chi connectivity index (χ4v) is 1.91. The summed E-state index contributed by atoms with van der Waals surface area (Å²) in [5, 5.41) is 14.8. The molecule has 0 spiro atoms. The molecule has 6 heteroatoms. The Morgan fingerprint density at radius 2 is 2.41 bits per heavy atom. The van der Waals surface area contributed by atoms with Gasteiger partial charge in [0.25, 0.3) is 0 Å². The zero-order valence-corrected chi connectivity index (χ0v) is 10.1. The smallest absolute Gasteiger partial charge is 0.136 e. The summed E-state index contributed by atoms with van der Waals surface area (Å²) in [6.07, 6.45) is 1.49. The van der Waals surface area contributed by atoms with Gasteiger partial charge in [0.1, 0.15) is 24.5 Å². The molecule has 0 aromatic carbocycles. The van der Waals surface area contributed by atoms with Crippen LogP contribution in [0.25, 0.3) is 0 Å². The van der Waals surface area contributed by atoms with Gasteiger partial charge in [-0.1, -0.05) is 0 Å². The summed E-state index contributed by atoms with van der Waals surface area (Å²) >= 11 is 1.60. The van der Waals surface area contributed by atoms with Crippen molar-refractivity contribution >= 4 is 28.0 Å². The number of nitrogens with zero attached hydrogens (tertiary/aromatic N) is 4. The summed E-state index contributed by atoms with van der Waals surface area (Å²) in [7, 11) is 1.82. The largest absolute Gasteiger partial charge is 0.346 e. The Morgan fingerprint density at radius 1 is 1.53 bits per heavy atom. The van der Waals surface area contributed by atoms with Crippen molar-refractivity contribution < 1.29 is 0 Å². The maximum absolute atomic E-state index is 8.63. The van der Waals surface area contributed by atoms with Crippen LogP contribution in [0.2, 0.25) is 0 Å². The lowest BCUT2D eigenvalue weighted by Crippen LogP contribution is -2.18. The predicted molar refractivity (Wildman–Crippen MR) is 68.5 cm³/mol. The van der Waals surface area contributed by atoms with E-state index in [0.717, 1.165) is 16.6 Å². The van der Waals surface area contributed by atoms with E-state index in [1.165, 1.54) is 6.33 Å². The van der Waals surface area contributed by atoms with Crippen LogP contribution in [-0.2, 0) is 0 Å². The monoisotopic (exact) mass is 245 g/mol. The first-order valence-electron chi connectivity index (χ1n) is 5.00. The molecule has 86 valence electrons. The summed E-state index contributed by atoms with van der Waals surface area (Å²) in [5.41, 5.74) is 0. The molecule has 0 aliphatic carbocycles. The number of anilines is 3. The number of rotatable bonds is 4. The molecule has 0 saturated heterocycles. The molecule has 0 aliphatic rings. The van der Waals surface area contributed by atoms with Crippen molar-refractivity contribution in [3.63, 3.8) is 0 Å². The second-order valence-electron chi connectivity index (χ2n) is 3.38. The third-order valence-corrected chi connectivity index (χ3v) is 2.91. The Balaban J connectivity index is 2.14. The molecule has 5 nitrogen and oxygen atoms in total. The summed E-state index contributed by atoms with van der Waals surface area (Å²) in [5.74, 6) is 1.45. The van der Waals surface area contributed by atoms with Crippen LogP contribution < -0.4 is 10.2 Å². The van der Waals surface area contributed by atoms with Gasteiger partial charge in [-0.2, -0.15) is 5.26 Å². The number of thiophene rings is 1. The molecule has 17 heavy (non-hydrogen) atoms. The van der Waals surface area contributed by atoms with Crippen LogP contribution >= 0.6 is 11.3 Å². The van der Waals surface area contributed by atoms with Crippen molar-refractivity contribution in [1.29, 1.82) is 5.26 Å². The molecule has 0 amide bonds. The first-order chi connectivity index (χ1) is 8.29. The highest BCUT2D eigenvalue weighted by Gasteiger charge is 2.04. The normalized spacial score (nSPS) is 9.65. The zero-order valence-electron chi connectivity index (χ0n) is 9.29. The highest BCUT2D eigenvalue weighted by molar-refractivity contribution is 7.14. The van der Waals surface area contributed by atoms with E-state index in [4.69, 9.17) is 5.26 Å². The molecule has 1 N–H and O–H groups in total. The average Bonchev–Trinajstić information content (AvgIpc) is 2.82. The van der Waals surface area contributed by atoms with Crippen LogP contribution in [0.4, 0.5) is 16.6 Å². The van der Waals surface area contributed by atoms with Crippen LogP contribution in [-0.4, -0.2) is 23.6 Å². The SMILES string of the molecule is CN(CC#N)c1cc(Nc2cccs2)ncn1. The van der Waals surface area contributed by atoms with Gasteiger partial charge in [0.05, 0.1) is 11.1 Å². The summed E-state index contributed by atoms with van der Waals surface area (Å²) in [6.45, 7) is 0.301. The molecule has 0 aliphatic heterocycles. The van der Waals surface area contributed by atoms with Crippen LogP contribution in [0.1, 0.15) is 0 Å². The lowest BCUT2D eigenvalue weighted by atomic mass is 10.4. The molecule has 0 unspecified atom stereocenters. The van der Waals surface area contributed by atoms with E-state index in [2.05, 4.69) is 21.4 Å². The fourth-order valence-electron chi connectivity index (χ4n) is 1.29. The first kappa shape index (κ1) is 11.4. The molecule has 0 saturated carbocycles. The molecule has 0 atom stereocenters. The molecule has 0 radical (unpaired) electrons. The maximum atomic E-state index is 8.63. The van der Waals surface area contributed by atoms with Crippen molar-refractivity contribution in [1.82, 2.24) is 9.97 Å². The Labute approximate surface area is 103 Å². The van der Waals surface area contributed by atoms with Crippen molar-refractivity contribution in [2.24, 2.45) is 0 Å². The number of nitriles is 1. The third kappa shape index (κ3) is 2.92. The van der Waals surface area contributed by atoms with Gasteiger partial charge in [-0.25, -0.2) is 9.97 Å². The van der Waals surface area contributed by atoms with E-state index in [-0.39, 0.29) is 0 Å². The fraction of sp³-hybridized carbons (Fsp3) is 0.182. The highest BCUT2D eigenvalue weighted by Crippen LogP contribution is 2.21. The Bertz CT molecular complexity index is 517. The van der Waals surface area contributed by atoms with Gasteiger partial charge < -0.3 is 10.2 Å². The predicted octanol–water partition coefficient (Wildman–Crippen LogP) is 2.24. The van der Waals surface area contributed by atoms with Gasteiger partial charge in [-0.05, 0) is 17.5 Å². The van der Waals surface area contributed by atoms with E-state index in [9.17, 15) is 0 Å². The third-order valence-electron chi connectivity index (χ3n) is 2.12. The van der Waals surface area contributed by atoms with Gasteiger partial charge in [0.2, 0.25) is 0 Å². The minimum absolute atomic E-state index is 0.301. The van der Waals surface area contributed by atoms with Crippen LogP contribution in [0.5, 0.6) is 0 Å². The zero-order chi connectivity index (χ0) is 12.1. The summed E-state index contributed by atoms with van der Waals surface area (Å²) in [4.78, 5) is 10.0. The second kappa shape index (κ2) is 5.27. The lowest BCUT2D eigenvalue weighted by Gasteiger charge is -2.14. The summed E-state index contributed by atoms with van der Waals surface area (Å²) < 4.78 is 0. The van der Waals surface area contributed by atoms with Gasteiger partial charge in [-0.3, -0.25) is 0 Å². The summed E-state index contributed by atoms with van der Waals surface area (Å²) in [6, 6.07) is 7.84. The molecule has 2 rings (SSSR count). The average molecular weight is 245 g/mol. The molecular formula is C11H11N5S. The highest BCUT2D eigenvalue weighted by atomic mass is 32.1. The van der Waals surface area contributed by atoms with Gasteiger partial charge >= 0.3 is 0 Å². The molecule has 0 bridgehead atoms. The second-order valence-corrected chi connectivity index (χ2v) is 4.33. The molecular weight excluding hydrogens is 234 g/mol. The van der Waals surface area contributed by atoms with E-state index < -0.39 is 0 Å². The van der Waals surface area contributed by atoms with E-state index in [1.54, 1.807) is 16.2 Å². The molecule has 2 heterocycles. The minimum Gasteiger partial charge on any atom is -0.346 e. The molecule has 2 aromatic rings. The maximum Gasteiger partial charge on any atom is 0.136 e. The van der Waals surface area contributed by atoms with Crippen LogP contribution in [0.15, 0.2) is 29.9 Å². The number of nitrogens with one attached hydrogen (secondary N) is 1. The lowest BCUT2D eigenvalue weighted by molar-refractivity contribution is 0.981. The topological polar surface area (TPSA) is 64.8 Å². The van der Waals surface area contributed by atoms with E-state index in [1.807, 2.05) is 30.6 Å². The van der Waals surface area contributed by atoms with Gasteiger partial charge in [0.15, 0.2) is 0 Å². The Morgan fingerprint density at radius 3 is 3.12 bits per heavy atom. The van der Waals surface area contributed by atoms with Crippen molar-refractivity contribution in [3.05, 3.63) is 29.9 Å². The first-order valence-corrected chi connectivity index (χ1v) is 5.88. The van der Waals surface area contributed by atoms with Gasteiger partial charge in [-0.15, -0.1) is 11.3 Å². The number of hydrogen-bond acceptors (Lipinski definition) is 6. The van der Waals surface area contributed by atoms with Gasteiger partial charge in [0, 0.05) is 13.1 Å². The number of aromatic nitrogens is 2. The quantitative estimate of drug-likeness (QED) is 0.837. The van der Waals surface area contributed by atoms with Crippen molar-refractivity contribution in [3.8, 4) is 6.07 Å². The Hall–Kier alpha value is -2.13. The van der Waals surface area contributed by atoms with E-state index >= 15 is 0 Å². The van der Waals surface area contributed by atoms with E-state index in [0.29, 0.717) is 6.54 Å². The van der Waals surface area contributed by atoms with Crippen molar-refractivity contribution in [2.45, 2.75) is 0 Å².